The topological polar surface area (TPSA) is 97.1 Å². The van der Waals surface area contributed by atoms with Gasteiger partial charge in [0.1, 0.15) is 16.8 Å². The molecule has 0 aliphatic carbocycles. The number of rotatable bonds is 2. The van der Waals surface area contributed by atoms with Crippen molar-refractivity contribution in [3.05, 3.63) is 42.1 Å². The zero-order chi connectivity index (χ0) is 18.2. The van der Waals surface area contributed by atoms with E-state index >= 15 is 0 Å². The zero-order valence-corrected chi connectivity index (χ0v) is 14.7. The molecule has 0 bridgehead atoms. The quantitative estimate of drug-likeness (QED) is 0.423. The predicted molar refractivity (Wildman–Crippen MR) is 97.0 cm³/mol. The van der Waals surface area contributed by atoms with Gasteiger partial charge in [-0.2, -0.15) is 5.01 Å². The van der Waals surface area contributed by atoms with Gasteiger partial charge in [-0.25, -0.2) is 20.6 Å². The SMILES string of the molecule is Cc1cccc(-c2nc3[nH]ccc3nc2N(N)C(=O)OC(C)(C)C)c1. The van der Waals surface area contributed by atoms with Crippen molar-refractivity contribution in [2.24, 2.45) is 5.84 Å². The molecule has 1 amide bonds. The number of carbonyl (C=O) groups is 1. The van der Waals surface area contributed by atoms with Gasteiger partial charge in [-0.3, -0.25) is 0 Å². The standard InChI is InChI=1S/C18H21N5O2/c1-11-6-5-7-12(10-11)14-16(21-13-8-9-20-15(13)22-14)23(19)17(24)25-18(2,3)4/h5-10H,19H2,1-4H3,(H,20,22). The van der Waals surface area contributed by atoms with Crippen molar-refractivity contribution >= 4 is 23.1 Å². The number of ether oxygens (including phenoxy) is 1. The molecule has 0 atom stereocenters. The average Bonchev–Trinajstić information content (AvgIpc) is 2.98. The lowest BCUT2D eigenvalue weighted by atomic mass is 10.1. The van der Waals surface area contributed by atoms with E-state index in [0.717, 1.165) is 16.1 Å². The molecule has 3 rings (SSSR count). The van der Waals surface area contributed by atoms with Gasteiger partial charge in [0.15, 0.2) is 11.5 Å². The van der Waals surface area contributed by atoms with E-state index in [1.165, 1.54) is 0 Å². The van der Waals surface area contributed by atoms with Crippen LogP contribution in [0, 0.1) is 6.92 Å². The van der Waals surface area contributed by atoms with E-state index < -0.39 is 11.7 Å². The summed E-state index contributed by atoms with van der Waals surface area (Å²) in [5.74, 6) is 6.27. The van der Waals surface area contributed by atoms with Crippen molar-refractivity contribution in [2.75, 3.05) is 5.01 Å². The smallest absolute Gasteiger partial charge is 0.430 e. The summed E-state index contributed by atoms with van der Waals surface area (Å²) in [5.41, 5.74) is 2.97. The molecular weight excluding hydrogens is 318 g/mol. The molecule has 0 saturated heterocycles. The van der Waals surface area contributed by atoms with Gasteiger partial charge in [-0.15, -0.1) is 0 Å². The molecule has 0 spiro atoms. The van der Waals surface area contributed by atoms with Crippen LogP contribution in [0.2, 0.25) is 0 Å². The Balaban J connectivity index is 2.12. The third kappa shape index (κ3) is 3.61. The Morgan fingerprint density at radius 1 is 1.24 bits per heavy atom. The fourth-order valence-corrected chi connectivity index (χ4v) is 2.41. The number of nitrogens with two attached hydrogens (primary N) is 1. The number of benzene rings is 1. The van der Waals surface area contributed by atoms with Crippen LogP contribution in [0.5, 0.6) is 0 Å². The zero-order valence-electron chi connectivity index (χ0n) is 14.7. The van der Waals surface area contributed by atoms with Crippen LogP contribution in [0.1, 0.15) is 26.3 Å². The molecule has 130 valence electrons. The molecule has 3 aromatic rings. The highest BCUT2D eigenvalue weighted by Gasteiger charge is 2.25. The molecule has 0 saturated carbocycles. The van der Waals surface area contributed by atoms with Crippen LogP contribution in [0.4, 0.5) is 10.6 Å². The van der Waals surface area contributed by atoms with Crippen LogP contribution >= 0.6 is 0 Å². The Labute approximate surface area is 145 Å². The number of fused-ring (bicyclic) bond motifs is 1. The minimum atomic E-state index is -0.689. The number of aromatic nitrogens is 3. The summed E-state index contributed by atoms with van der Waals surface area (Å²) >= 11 is 0. The molecule has 7 nitrogen and oxygen atoms in total. The molecule has 0 fully saturated rings. The largest absolute Gasteiger partial charge is 0.442 e. The normalized spacial score (nSPS) is 11.6. The third-order valence-electron chi connectivity index (χ3n) is 3.48. The van der Waals surface area contributed by atoms with E-state index in [-0.39, 0.29) is 5.82 Å². The van der Waals surface area contributed by atoms with Gasteiger partial charge >= 0.3 is 6.09 Å². The Bertz CT molecular complexity index is 927. The van der Waals surface area contributed by atoms with E-state index in [4.69, 9.17) is 10.6 Å². The number of aryl methyl sites for hydroxylation is 1. The van der Waals surface area contributed by atoms with E-state index in [1.807, 2.05) is 31.2 Å². The minimum Gasteiger partial charge on any atom is -0.442 e. The number of anilines is 1. The van der Waals surface area contributed by atoms with Crippen molar-refractivity contribution < 1.29 is 9.53 Å². The van der Waals surface area contributed by atoms with Crippen molar-refractivity contribution in [3.63, 3.8) is 0 Å². The van der Waals surface area contributed by atoms with Gasteiger partial charge in [-0.05, 0) is 39.8 Å². The molecule has 0 radical (unpaired) electrons. The lowest BCUT2D eigenvalue weighted by molar-refractivity contribution is 0.0579. The van der Waals surface area contributed by atoms with Gasteiger partial charge in [0.2, 0.25) is 0 Å². The van der Waals surface area contributed by atoms with Crippen molar-refractivity contribution in [1.29, 1.82) is 0 Å². The molecule has 0 aliphatic heterocycles. The first kappa shape index (κ1) is 16.9. The Morgan fingerprint density at radius 3 is 2.68 bits per heavy atom. The Kier molecular flexibility index (Phi) is 4.18. The number of hydrogen-bond acceptors (Lipinski definition) is 5. The molecule has 7 heteroatoms. The Hall–Kier alpha value is -2.93. The molecule has 2 aromatic heterocycles. The minimum absolute atomic E-state index is 0.243. The van der Waals surface area contributed by atoms with E-state index in [2.05, 4.69) is 15.0 Å². The van der Waals surface area contributed by atoms with E-state index in [1.54, 1.807) is 33.0 Å². The fraction of sp³-hybridized carbons (Fsp3) is 0.278. The number of aromatic amines is 1. The predicted octanol–water partition coefficient (Wildman–Crippen LogP) is 3.55. The van der Waals surface area contributed by atoms with Gasteiger partial charge in [-0.1, -0.05) is 23.8 Å². The third-order valence-corrected chi connectivity index (χ3v) is 3.48. The molecule has 1 aromatic carbocycles. The number of H-pyrrole nitrogens is 1. The number of nitrogens with one attached hydrogen (secondary N) is 1. The highest BCUT2D eigenvalue weighted by atomic mass is 16.6. The number of nitrogens with zero attached hydrogens (tertiary/aromatic N) is 3. The van der Waals surface area contributed by atoms with Crippen LogP contribution in [0.3, 0.4) is 0 Å². The number of carbonyl (C=O) groups excluding carboxylic acids is 1. The van der Waals surface area contributed by atoms with Gasteiger partial charge in [0, 0.05) is 11.8 Å². The first-order valence-corrected chi connectivity index (χ1v) is 7.94. The summed E-state index contributed by atoms with van der Waals surface area (Å²) in [4.78, 5) is 24.5. The van der Waals surface area contributed by atoms with Gasteiger partial charge < -0.3 is 9.72 Å². The number of hydrogen-bond donors (Lipinski definition) is 2. The van der Waals surface area contributed by atoms with Crippen LogP contribution in [-0.2, 0) is 4.74 Å². The summed E-state index contributed by atoms with van der Waals surface area (Å²) in [6, 6.07) is 9.54. The molecule has 25 heavy (non-hydrogen) atoms. The summed E-state index contributed by atoms with van der Waals surface area (Å²) in [5, 5.41) is 0.905. The van der Waals surface area contributed by atoms with Crippen LogP contribution in [0.15, 0.2) is 36.5 Å². The maximum absolute atomic E-state index is 12.4. The molecule has 0 aliphatic rings. The first-order valence-electron chi connectivity index (χ1n) is 7.94. The van der Waals surface area contributed by atoms with Gasteiger partial charge in [0.25, 0.3) is 0 Å². The van der Waals surface area contributed by atoms with E-state index in [0.29, 0.717) is 16.9 Å². The molecule has 3 N–H and O–H groups in total. The second kappa shape index (κ2) is 6.18. The monoisotopic (exact) mass is 339 g/mol. The molecule has 0 unspecified atom stereocenters. The van der Waals surface area contributed by atoms with Crippen LogP contribution in [-0.4, -0.2) is 26.6 Å². The summed E-state index contributed by atoms with van der Waals surface area (Å²) in [7, 11) is 0. The lowest BCUT2D eigenvalue weighted by Gasteiger charge is -2.24. The first-order chi connectivity index (χ1) is 11.7. The number of amides is 1. The lowest BCUT2D eigenvalue weighted by Crippen LogP contribution is -2.42. The number of hydrazine groups is 1. The van der Waals surface area contributed by atoms with Crippen molar-refractivity contribution in [1.82, 2.24) is 15.0 Å². The molecule has 2 heterocycles. The van der Waals surface area contributed by atoms with E-state index in [9.17, 15) is 4.79 Å². The summed E-state index contributed by atoms with van der Waals surface area (Å²) in [6.45, 7) is 7.32. The van der Waals surface area contributed by atoms with Crippen molar-refractivity contribution in [2.45, 2.75) is 33.3 Å². The Morgan fingerprint density at radius 2 is 2.00 bits per heavy atom. The maximum atomic E-state index is 12.4. The second-order valence-corrected chi connectivity index (χ2v) is 6.83. The fourth-order valence-electron chi connectivity index (χ4n) is 2.41. The van der Waals surface area contributed by atoms with Gasteiger partial charge in [0.05, 0.1) is 0 Å². The van der Waals surface area contributed by atoms with Crippen LogP contribution in [0.25, 0.3) is 22.4 Å². The van der Waals surface area contributed by atoms with Crippen molar-refractivity contribution in [3.8, 4) is 11.3 Å². The summed E-state index contributed by atoms with van der Waals surface area (Å²) in [6.07, 6.45) is 1.05. The van der Waals surface area contributed by atoms with Crippen LogP contribution < -0.4 is 10.9 Å². The highest BCUT2D eigenvalue weighted by Crippen LogP contribution is 2.29. The maximum Gasteiger partial charge on any atom is 0.430 e. The molecular formula is C18H21N5O2. The summed E-state index contributed by atoms with van der Waals surface area (Å²) < 4.78 is 5.35. The highest BCUT2D eigenvalue weighted by molar-refractivity contribution is 5.92. The average molecular weight is 339 g/mol. The second-order valence-electron chi connectivity index (χ2n) is 6.83.